The summed E-state index contributed by atoms with van der Waals surface area (Å²) in [6.45, 7) is 0.968. The van der Waals surface area contributed by atoms with Gasteiger partial charge in [0, 0.05) is 24.9 Å². The second-order valence-corrected chi connectivity index (χ2v) is 8.90. The first kappa shape index (κ1) is 19.2. The number of nitrogens with zero attached hydrogens (tertiary/aromatic N) is 4. The van der Waals surface area contributed by atoms with Crippen LogP contribution in [-0.2, 0) is 11.2 Å². The molecule has 1 amide bonds. The zero-order chi connectivity index (χ0) is 21.5. The van der Waals surface area contributed by atoms with Gasteiger partial charge in [-0.1, -0.05) is 12.1 Å². The Hall–Kier alpha value is -3.46. The van der Waals surface area contributed by atoms with Crippen LogP contribution in [0, 0.1) is 0 Å². The summed E-state index contributed by atoms with van der Waals surface area (Å²) in [6, 6.07) is 13.6. The lowest BCUT2D eigenvalue weighted by molar-refractivity contribution is -0.132. The van der Waals surface area contributed by atoms with Gasteiger partial charge >= 0.3 is 0 Å². The predicted octanol–water partition coefficient (Wildman–Crippen LogP) is 4.37. The number of thiazole rings is 1. The van der Waals surface area contributed by atoms with E-state index in [0.717, 1.165) is 40.2 Å². The van der Waals surface area contributed by atoms with Gasteiger partial charge in [-0.15, -0.1) is 21.5 Å². The quantitative estimate of drug-likeness (QED) is 0.448. The van der Waals surface area contributed by atoms with Crippen molar-refractivity contribution in [1.29, 1.82) is 0 Å². The maximum Gasteiger partial charge on any atom is 0.247 e. The highest BCUT2D eigenvalue weighted by Crippen LogP contribution is 2.37. The molecule has 1 atom stereocenters. The second-order valence-electron chi connectivity index (χ2n) is 7.83. The van der Waals surface area contributed by atoms with Crippen molar-refractivity contribution >= 4 is 27.5 Å². The van der Waals surface area contributed by atoms with Crippen molar-refractivity contribution in [3.8, 4) is 23.0 Å². The van der Waals surface area contributed by atoms with Gasteiger partial charge in [0.05, 0.1) is 16.3 Å². The lowest BCUT2D eigenvalue weighted by atomic mass is 10.2. The van der Waals surface area contributed by atoms with E-state index in [9.17, 15) is 4.79 Å². The minimum Gasteiger partial charge on any atom is -0.454 e. The summed E-state index contributed by atoms with van der Waals surface area (Å²) in [4.78, 5) is 19.7. The third-order valence-corrected chi connectivity index (χ3v) is 6.95. The van der Waals surface area contributed by atoms with E-state index in [1.54, 1.807) is 11.3 Å². The first-order chi connectivity index (χ1) is 15.7. The summed E-state index contributed by atoms with van der Waals surface area (Å²) >= 11 is 1.67. The van der Waals surface area contributed by atoms with Gasteiger partial charge in [0.15, 0.2) is 11.5 Å². The number of amides is 1. The number of hydrogen-bond acceptors (Lipinski definition) is 8. The van der Waals surface area contributed by atoms with Crippen LogP contribution in [0.2, 0.25) is 0 Å². The van der Waals surface area contributed by atoms with E-state index in [4.69, 9.17) is 18.9 Å². The highest BCUT2D eigenvalue weighted by Gasteiger charge is 2.32. The fourth-order valence-corrected chi connectivity index (χ4v) is 5.33. The standard InChI is InChI=1S/C23H20N4O4S/c28-21(27-11-3-5-16(27)23-24-15-4-1-2-6-19(15)32-23)10-9-20-25-26-22(31-20)14-7-8-17-18(12-14)30-13-29-17/h1-2,4,6-8,12,16H,3,5,9-11,13H2/t16-/m1/s1. The molecule has 4 heterocycles. The minimum absolute atomic E-state index is 0.0479. The molecule has 1 saturated heterocycles. The summed E-state index contributed by atoms with van der Waals surface area (Å²) in [5.41, 5.74) is 1.75. The molecular weight excluding hydrogens is 428 g/mol. The highest BCUT2D eigenvalue weighted by atomic mass is 32.1. The summed E-state index contributed by atoms with van der Waals surface area (Å²) < 4.78 is 17.7. The van der Waals surface area contributed by atoms with Crippen molar-refractivity contribution in [3.63, 3.8) is 0 Å². The Morgan fingerprint density at radius 1 is 1.12 bits per heavy atom. The minimum atomic E-state index is 0.0479. The largest absolute Gasteiger partial charge is 0.454 e. The molecule has 162 valence electrons. The van der Waals surface area contributed by atoms with Crippen molar-refractivity contribution in [2.45, 2.75) is 31.7 Å². The van der Waals surface area contributed by atoms with Crippen LogP contribution in [0.1, 0.15) is 36.2 Å². The number of aryl methyl sites for hydroxylation is 1. The van der Waals surface area contributed by atoms with E-state index in [2.05, 4.69) is 16.3 Å². The first-order valence-corrected chi connectivity index (χ1v) is 11.4. The number of likely N-dealkylation sites (tertiary alicyclic amines) is 1. The molecule has 2 aliphatic heterocycles. The summed E-state index contributed by atoms with van der Waals surface area (Å²) in [5, 5.41) is 9.26. The molecular formula is C23H20N4O4S. The number of para-hydroxylation sites is 1. The summed E-state index contributed by atoms with van der Waals surface area (Å²) in [7, 11) is 0. The molecule has 0 bridgehead atoms. The van der Waals surface area contributed by atoms with Gasteiger partial charge in [0.2, 0.25) is 24.5 Å². The van der Waals surface area contributed by atoms with Gasteiger partial charge in [-0.2, -0.15) is 0 Å². The number of ether oxygens (including phenoxy) is 2. The average Bonchev–Trinajstić information content (AvgIpc) is 3.60. The third-order valence-electron chi connectivity index (χ3n) is 5.81. The van der Waals surface area contributed by atoms with Crippen LogP contribution < -0.4 is 9.47 Å². The van der Waals surface area contributed by atoms with Gasteiger partial charge in [-0.25, -0.2) is 4.98 Å². The average molecular weight is 449 g/mol. The fourth-order valence-electron chi connectivity index (χ4n) is 4.21. The number of carbonyl (C=O) groups excluding carboxylic acids is 1. The van der Waals surface area contributed by atoms with Crippen molar-refractivity contribution < 1.29 is 18.7 Å². The van der Waals surface area contributed by atoms with Crippen molar-refractivity contribution in [2.24, 2.45) is 0 Å². The van der Waals surface area contributed by atoms with Crippen LogP contribution >= 0.6 is 11.3 Å². The first-order valence-electron chi connectivity index (χ1n) is 10.6. The third kappa shape index (κ3) is 3.48. The van der Waals surface area contributed by atoms with Crippen molar-refractivity contribution in [3.05, 3.63) is 53.4 Å². The molecule has 0 unspecified atom stereocenters. The molecule has 0 radical (unpaired) electrons. The Balaban J connectivity index is 1.13. The Morgan fingerprint density at radius 2 is 2.03 bits per heavy atom. The molecule has 4 aromatic rings. The lowest BCUT2D eigenvalue weighted by Gasteiger charge is -2.22. The number of rotatable bonds is 5. The van der Waals surface area contributed by atoms with Crippen LogP contribution in [0.3, 0.4) is 0 Å². The summed E-state index contributed by atoms with van der Waals surface area (Å²) in [6.07, 6.45) is 2.66. The molecule has 0 saturated carbocycles. The van der Waals surface area contributed by atoms with Gasteiger partial charge < -0.3 is 18.8 Å². The van der Waals surface area contributed by atoms with E-state index >= 15 is 0 Å². The predicted molar refractivity (Wildman–Crippen MR) is 117 cm³/mol. The topological polar surface area (TPSA) is 90.6 Å². The maximum absolute atomic E-state index is 13.0. The van der Waals surface area contributed by atoms with E-state index in [-0.39, 0.29) is 18.7 Å². The number of carbonyl (C=O) groups is 1. The summed E-state index contributed by atoms with van der Waals surface area (Å²) in [5.74, 6) is 2.30. The number of aromatic nitrogens is 3. The fraction of sp³-hybridized carbons (Fsp3) is 0.304. The van der Waals surface area contributed by atoms with E-state index in [1.165, 1.54) is 0 Å². The molecule has 2 aromatic carbocycles. The van der Waals surface area contributed by atoms with Gasteiger partial charge in [-0.3, -0.25) is 4.79 Å². The Morgan fingerprint density at radius 3 is 2.97 bits per heavy atom. The number of hydrogen-bond donors (Lipinski definition) is 0. The lowest BCUT2D eigenvalue weighted by Crippen LogP contribution is -2.30. The smallest absolute Gasteiger partial charge is 0.247 e. The molecule has 6 rings (SSSR count). The van der Waals surface area contributed by atoms with Crippen molar-refractivity contribution in [2.75, 3.05) is 13.3 Å². The molecule has 2 aliphatic rings. The van der Waals surface area contributed by atoms with Crippen molar-refractivity contribution in [1.82, 2.24) is 20.1 Å². The van der Waals surface area contributed by atoms with Crippen LogP contribution in [0.5, 0.6) is 11.5 Å². The zero-order valence-electron chi connectivity index (χ0n) is 17.2. The van der Waals surface area contributed by atoms with Crippen LogP contribution in [-0.4, -0.2) is 39.3 Å². The van der Waals surface area contributed by atoms with E-state index in [0.29, 0.717) is 36.1 Å². The van der Waals surface area contributed by atoms with Gasteiger partial charge in [0.25, 0.3) is 0 Å². The second kappa shape index (κ2) is 7.90. The molecule has 9 heteroatoms. The SMILES string of the molecule is O=C(CCc1nnc(-c2ccc3c(c2)OCO3)o1)N1CCC[C@@H]1c1nc2ccccc2s1. The van der Waals surface area contributed by atoms with Crippen LogP contribution in [0.25, 0.3) is 21.7 Å². The number of benzene rings is 2. The Kier molecular flexibility index (Phi) is 4.75. The Labute approximate surface area is 187 Å². The van der Waals surface area contributed by atoms with E-state index in [1.807, 2.05) is 41.3 Å². The van der Waals surface area contributed by atoms with Crippen LogP contribution in [0.15, 0.2) is 46.9 Å². The molecule has 8 nitrogen and oxygen atoms in total. The van der Waals surface area contributed by atoms with E-state index < -0.39 is 0 Å². The van der Waals surface area contributed by atoms with Crippen LogP contribution in [0.4, 0.5) is 0 Å². The maximum atomic E-state index is 13.0. The molecule has 2 aromatic heterocycles. The highest BCUT2D eigenvalue weighted by molar-refractivity contribution is 7.18. The monoisotopic (exact) mass is 448 g/mol. The number of fused-ring (bicyclic) bond motifs is 2. The van der Waals surface area contributed by atoms with Gasteiger partial charge in [0.1, 0.15) is 5.01 Å². The normalized spacial score (nSPS) is 17.4. The van der Waals surface area contributed by atoms with Gasteiger partial charge in [-0.05, 0) is 43.2 Å². The zero-order valence-corrected chi connectivity index (χ0v) is 18.0. The molecule has 0 N–H and O–H groups in total. The molecule has 32 heavy (non-hydrogen) atoms. The molecule has 1 fully saturated rings. The Bertz CT molecular complexity index is 1270. The molecule has 0 spiro atoms. The molecule has 0 aliphatic carbocycles.